The summed E-state index contributed by atoms with van der Waals surface area (Å²) in [6, 6.07) is 0. The van der Waals surface area contributed by atoms with Crippen LogP contribution in [0.25, 0.3) is 0 Å². The third-order valence-corrected chi connectivity index (χ3v) is 5.12. The molecule has 88 valence electrons. The molecule has 15 heavy (non-hydrogen) atoms. The van der Waals surface area contributed by atoms with Crippen LogP contribution in [0.2, 0.25) is 0 Å². The van der Waals surface area contributed by atoms with Gasteiger partial charge in [0, 0.05) is 5.92 Å². The van der Waals surface area contributed by atoms with E-state index in [1.807, 2.05) is 0 Å². The van der Waals surface area contributed by atoms with Gasteiger partial charge in [0.25, 0.3) is 0 Å². The molecular formula is C10H17F3OP+. The molecule has 1 saturated carbocycles. The Balaban J connectivity index is 2.44. The fourth-order valence-corrected chi connectivity index (χ4v) is 3.58. The Morgan fingerprint density at radius 1 is 1.27 bits per heavy atom. The largest absolute Gasteiger partial charge is 0.432 e. The second-order valence-corrected chi connectivity index (χ2v) is 6.29. The van der Waals surface area contributed by atoms with Crippen molar-refractivity contribution in [1.82, 2.24) is 0 Å². The predicted molar refractivity (Wildman–Crippen MR) is 54.6 cm³/mol. The van der Waals surface area contributed by atoms with E-state index in [0.717, 1.165) is 25.7 Å². The summed E-state index contributed by atoms with van der Waals surface area (Å²) in [5.41, 5.74) is -0.276. The van der Waals surface area contributed by atoms with E-state index in [2.05, 4.69) is 0 Å². The molecule has 1 nitrogen and oxygen atoms in total. The fraction of sp³-hybridized carbons (Fsp3) is 1.00. The zero-order valence-electron chi connectivity index (χ0n) is 8.89. The molecule has 0 saturated heterocycles. The molecule has 2 unspecified atom stereocenters. The van der Waals surface area contributed by atoms with E-state index in [1.165, 1.54) is 6.42 Å². The van der Waals surface area contributed by atoms with Crippen LogP contribution in [0, 0.1) is 5.92 Å². The van der Waals surface area contributed by atoms with Crippen LogP contribution in [0.3, 0.4) is 0 Å². The van der Waals surface area contributed by atoms with Gasteiger partial charge >= 0.3 is 14.0 Å². The first-order chi connectivity index (χ1) is 6.90. The Kier molecular flexibility index (Phi) is 4.57. The second kappa shape index (κ2) is 5.29. The summed E-state index contributed by atoms with van der Waals surface area (Å²) in [7, 11) is -2.13. The first-order valence-electron chi connectivity index (χ1n) is 5.40. The van der Waals surface area contributed by atoms with Gasteiger partial charge in [0.2, 0.25) is 6.16 Å². The van der Waals surface area contributed by atoms with E-state index in [4.69, 9.17) is 0 Å². The molecule has 1 aliphatic rings. The normalized spacial score (nSPS) is 22.5. The van der Waals surface area contributed by atoms with Crippen molar-refractivity contribution in [1.29, 1.82) is 0 Å². The van der Waals surface area contributed by atoms with Gasteiger partial charge in [-0.25, -0.2) is 0 Å². The second-order valence-electron chi connectivity index (χ2n) is 4.33. The highest BCUT2D eigenvalue weighted by atomic mass is 31.1. The van der Waals surface area contributed by atoms with Crippen molar-refractivity contribution in [3.05, 3.63) is 0 Å². The SMILES string of the molecule is CC(C1CCCCC1)[P+](=O)CC(F)(F)F. The smallest absolute Gasteiger partial charge is 0.166 e. The lowest BCUT2D eigenvalue weighted by Crippen LogP contribution is -2.21. The summed E-state index contributed by atoms with van der Waals surface area (Å²) in [5.74, 6) is 0.240. The zero-order chi connectivity index (χ0) is 11.5. The van der Waals surface area contributed by atoms with Crippen molar-refractivity contribution in [3.63, 3.8) is 0 Å². The minimum Gasteiger partial charge on any atom is -0.166 e. The summed E-state index contributed by atoms with van der Waals surface area (Å²) in [6.07, 6.45) is -0.190. The van der Waals surface area contributed by atoms with E-state index >= 15 is 0 Å². The van der Waals surface area contributed by atoms with Crippen LogP contribution < -0.4 is 0 Å². The molecule has 1 fully saturated rings. The van der Waals surface area contributed by atoms with Crippen molar-refractivity contribution in [2.75, 3.05) is 6.16 Å². The summed E-state index contributed by atoms with van der Waals surface area (Å²) in [4.78, 5) is 0. The van der Waals surface area contributed by atoms with E-state index < -0.39 is 20.1 Å². The maximum atomic E-state index is 12.0. The molecule has 0 aliphatic heterocycles. The third kappa shape index (κ3) is 4.50. The molecule has 0 aromatic carbocycles. The minimum absolute atomic E-state index is 0.240. The van der Waals surface area contributed by atoms with Crippen molar-refractivity contribution >= 4 is 7.80 Å². The lowest BCUT2D eigenvalue weighted by atomic mass is 9.87. The highest BCUT2D eigenvalue weighted by Crippen LogP contribution is 2.42. The average molecular weight is 241 g/mol. The Labute approximate surface area is 89.2 Å². The van der Waals surface area contributed by atoms with Crippen molar-refractivity contribution in [3.8, 4) is 0 Å². The maximum Gasteiger partial charge on any atom is 0.432 e. The standard InChI is InChI=1S/C10H17F3OP/c1-8(9-5-3-2-4-6-9)15(14)7-10(11,12)13/h8-9H,2-7H2,1H3/q+1. The average Bonchev–Trinajstić information content (AvgIpc) is 2.15. The van der Waals surface area contributed by atoms with E-state index in [-0.39, 0.29) is 11.6 Å². The molecule has 0 heterocycles. The molecule has 0 aromatic rings. The minimum atomic E-state index is -4.28. The summed E-state index contributed by atoms with van der Waals surface area (Å²) in [6.45, 7) is 1.71. The van der Waals surface area contributed by atoms with Crippen LogP contribution in [0.15, 0.2) is 0 Å². The highest BCUT2D eigenvalue weighted by Gasteiger charge is 2.44. The molecule has 2 atom stereocenters. The number of hydrogen-bond donors (Lipinski definition) is 0. The van der Waals surface area contributed by atoms with Crippen molar-refractivity contribution < 1.29 is 17.7 Å². The third-order valence-electron chi connectivity index (χ3n) is 3.12. The number of rotatable bonds is 3. The monoisotopic (exact) mass is 241 g/mol. The van der Waals surface area contributed by atoms with Crippen molar-refractivity contribution in [2.45, 2.75) is 50.9 Å². The Morgan fingerprint density at radius 2 is 1.80 bits per heavy atom. The number of alkyl halides is 3. The predicted octanol–water partition coefficient (Wildman–Crippen LogP) is 4.34. The first kappa shape index (κ1) is 13.0. The van der Waals surface area contributed by atoms with Gasteiger partial charge in [-0.2, -0.15) is 13.2 Å². The lowest BCUT2D eigenvalue weighted by molar-refractivity contribution is -0.106. The van der Waals surface area contributed by atoms with Crippen LogP contribution in [-0.2, 0) is 4.57 Å². The topological polar surface area (TPSA) is 17.1 Å². The molecule has 1 aliphatic carbocycles. The van der Waals surface area contributed by atoms with Crippen LogP contribution >= 0.6 is 7.80 Å². The van der Waals surface area contributed by atoms with Gasteiger partial charge in [-0.1, -0.05) is 23.8 Å². The van der Waals surface area contributed by atoms with E-state index in [9.17, 15) is 17.7 Å². The van der Waals surface area contributed by atoms with Gasteiger partial charge in [-0.15, -0.1) is 0 Å². The van der Waals surface area contributed by atoms with Crippen molar-refractivity contribution in [2.24, 2.45) is 5.92 Å². The molecule has 0 aromatic heterocycles. The quantitative estimate of drug-likeness (QED) is 0.671. The summed E-state index contributed by atoms with van der Waals surface area (Å²) >= 11 is 0. The molecule has 0 amide bonds. The molecule has 0 bridgehead atoms. The molecule has 5 heteroatoms. The molecule has 0 radical (unpaired) electrons. The summed E-state index contributed by atoms with van der Waals surface area (Å²) in [5, 5.41) is 0. The lowest BCUT2D eigenvalue weighted by Gasteiger charge is -2.21. The maximum absolute atomic E-state index is 12.0. The van der Waals surface area contributed by atoms with Crippen LogP contribution in [-0.4, -0.2) is 18.0 Å². The molecule has 1 rings (SSSR count). The van der Waals surface area contributed by atoms with Crippen LogP contribution in [0.5, 0.6) is 0 Å². The Bertz CT molecular complexity index is 221. The van der Waals surface area contributed by atoms with Gasteiger partial charge in [0.15, 0.2) is 5.66 Å². The molecule has 0 spiro atoms. The fourth-order valence-electron chi connectivity index (χ4n) is 2.17. The van der Waals surface area contributed by atoms with Gasteiger partial charge in [-0.3, -0.25) is 0 Å². The number of hydrogen-bond acceptors (Lipinski definition) is 1. The summed E-state index contributed by atoms with van der Waals surface area (Å²) < 4.78 is 47.6. The first-order valence-corrected chi connectivity index (χ1v) is 6.92. The van der Waals surface area contributed by atoms with Gasteiger partial charge in [0.05, 0.1) is 0 Å². The van der Waals surface area contributed by atoms with E-state index in [0.29, 0.717) is 0 Å². The molecule has 0 N–H and O–H groups in total. The number of halogens is 3. The van der Waals surface area contributed by atoms with Gasteiger partial charge < -0.3 is 0 Å². The Hall–Kier alpha value is -0.110. The van der Waals surface area contributed by atoms with Crippen LogP contribution in [0.4, 0.5) is 13.2 Å². The van der Waals surface area contributed by atoms with Gasteiger partial charge in [0.1, 0.15) is 0 Å². The highest BCUT2D eigenvalue weighted by molar-refractivity contribution is 7.45. The zero-order valence-corrected chi connectivity index (χ0v) is 9.78. The molecular weight excluding hydrogens is 224 g/mol. The van der Waals surface area contributed by atoms with Crippen LogP contribution in [0.1, 0.15) is 39.0 Å². The Morgan fingerprint density at radius 3 is 2.27 bits per heavy atom. The van der Waals surface area contributed by atoms with Gasteiger partial charge in [-0.05, 0) is 19.8 Å². The van der Waals surface area contributed by atoms with E-state index in [1.54, 1.807) is 6.92 Å².